The molecule has 1 aliphatic heterocycles. The Morgan fingerprint density at radius 1 is 1.19 bits per heavy atom. The van der Waals surface area contributed by atoms with Crippen LogP contribution < -0.4 is 4.90 Å². The van der Waals surface area contributed by atoms with Gasteiger partial charge in [0.1, 0.15) is 0 Å². The molecule has 2 fully saturated rings. The van der Waals surface area contributed by atoms with Crippen molar-refractivity contribution >= 4 is 23.2 Å². The molecule has 0 N–H and O–H groups in total. The van der Waals surface area contributed by atoms with Crippen LogP contribution in [0.3, 0.4) is 0 Å². The third kappa shape index (κ3) is 2.42. The van der Waals surface area contributed by atoms with Gasteiger partial charge in [-0.05, 0) is 37.1 Å². The van der Waals surface area contributed by atoms with E-state index in [4.69, 9.17) is 16.1 Å². The maximum Gasteiger partial charge on any atom is 0.232 e. The van der Waals surface area contributed by atoms with Gasteiger partial charge in [0, 0.05) is 29.6 Å². The van der Waals surface area contributed by atoms with Crippen LogP contribution in [-0.2, 0) is 4.79 Å². The summed E-state index contributed by atoms with van der Waals surface area (Å²) in [4.78, 5) is 18.4. The van der Waals surface area contributed by atoms with Crippen molar-refractivity contribution < 1.29 is 9.32 Å². The van der Waals surface area contributed by atoms with Gasteiger partial charge in [0.25, 0.3) is 0 Å². The molecule has 1 aromatic heterocycles. The summed E-state index contributed by atoms with van der Waals surface area (Å²) in [7, 11) is 0. The fourth-order valence-electron chi connectivity index (χ4n) is 2.66. The van der Waals surface area contributed by atoms with Crippen molar-refractivity contribution in [3.8, 4) is 0 Å². The molecule has 108 valence electrons. The van der Waals surface area contributed by atoms with Crippen molar-refractivity contribution in [2.45, 2.75) is 31.1 Å². The van der Waals surface area contributed by atoms with Crippen LogP contribution in [0, 0.1) is 0 Å². The van der Waals surface area contributed by atoms with E-state index in [1.54, 1.807) is 17.0 Å². The lowest BCUT2D eigenvalue weighted by Crippen LogP contribution is -2.24. The molecule has 0 radical (unpaired) electrons. The maximum absolute atomic E-state index is 12.2. The minimum atomic E-state index is -0.0202. The molecule has 21 heavy (non-hydrogen) atoms. The van der Waals surface area contributed by atoms with Gasteiger partial charge in [-0.3, -0.25) is 4.79 Å². The first kappa shape index (κ1) is 12.8. The molecule has 6 heteroatoms. The van der Waals surface area contributed by atoms with E-state index in [0.29, 0.717) is 29.8 Å². The molecule has 1 aliphatic carbocycles. The maximum atomic E-state index is 12.2. The average Bonchev–Trinajstić information content (AvgIpc) is 3.08. The summed E-state index contributed by atoms with van der Waals surface area (Å²) in [6.07, 6.45) is 2.69. The largest absolute Gasteiger partial charge is 0.339 e. The van der Waals surface area contributed by atoms with Crippen LogP contribution in [0.2, 0.25) is 5.02 Å². The highest BCUT2D eigenvalue weighted by Gasteiger charge is 2.36. The molecule has 1 saturated heterocycles. The standard InChI is InChI=1S/C15H14ClN3O2/c16-11-3-5-12(6-4-11)19-8-10(7-13(19)20)15-17-14(18-21-15)9-1-2-9/h3-6,9-10H,1-2,7-8H2. The first-order valence-electron chi connectivity index (χ1n) is 7.10. The second-order valence-electron chi connectivity index (χ2n) is 5.65. The normalized spacial score (nSPS) is 22.0. The number of benzene rings is 1. The zero-order chi connectivity index (χ0) is 14.4. The summed E-state index contributed by atoms with van der Waals surface area (Å²) in [5.74, 6) is 1.90. The van der Waals surface area contributed by atoms with Crippen LogP contribution in [0.25, 0.3) is 0 Å². The molecule has 2 heterocycles. The zero-order valence-corrected chi connectivity index (χ0v) is 12.1. The highest BCUT2D eigenvalue weighted by molar-refractivity contribution is 6.30. The predicted octanol–water partition coefficient (Wildman–Crippen LogP) is 3.12. The van der Waals surface area contributed by atoms with Crippen molar-refractivity contribution in [3.05, 3.63) is 41.0 Å². The Morgan fingerprint density at radius 2 is 1.95 bits per heavy atom. The van der Waals surface area contributed by atoms with E-state index >= 15 is 0 Å². The van der Waals surface area contributed by atoms with E-state index in [1.807, 2.05) is 12.1 Å². The van der Waals surface area contributed by atoms with Gasteiger partial charge in [-0.1, -0.05) is 16.8 Å². The monoisotopic (exact) mass is 303 g/mol. The van der Waals surface area contributed by atoms with Crippen LogP contribution in [0.15, 0.2) is 28.8 Å². The summed E-state index contributed by atoms with van der Waals surface area (Å²) < 4.78 is 5.34. The van der Waals surface area contributed by atoms with Gasteiger partial charge >= 0.3 is 0 Å². The van der Waals surface area contributed by atoms with E-state index in [2.05, 4.69) is 10.1 Å². The Morgan fingerprint density at radius 3 is 2.67 bits per heavy atom. The molecule has 1 aromatic carbocycles. The number of carbonyl (C=O) groups excluding carboxylic acids is 1. The van der Waals surface area contributed by atoms with Gasteiger partial charge in [0.2, 0.25) is 11.8 Å². The lowest BCUT2D eigenvalue weighted by molar-refractivity contribution is -0.117. The Kier molecular flexibility index (Phi) is 2.96. The number of carbonyl (C=O) groups is 1. The molecule has 1 amide bonds. The Balaban J connectivity index is 1.53. The van der Waals surface area contributed by atoms with E-state index < -0.39 is 0 Å². The number of hydrogen-bond donors (Lipinski definition) is 0. The number of nitrogens with zero attached hydrogens (tertiary/aromatic N) is 3. The number of anilines is 1. The molecule has 1 saturated carbocycles. The summed E-state index contributed by atoms with van der Waals surface area (Å²) in [5.41, 5.74) is 0.855. The molecular formula is C15H14ClN3O2. The van der Waals surface area contributed by atoms with Gasteiger partial charge in [-0.25, -0.2) is 0 Å². The number of hydrogen-bond acceptors (Lipinski definition) is 4. The Hall–Kier alpha value is -1.88. The predicted molar refractivity (Wildman–Crippen MR) is 77.4 cm³/mol. The lowest BCUT2D eigenvalue weighted by Gasteiger charge is -2.15. The van der Waals surface area contributed by atoms with Crippen LogP contribution in [0.5, 0.6) is 0 Å². The van der Waals surface area contributed by atoms with Gasteiger partial charge in [-0.2, -0.15) is 4.98 Å². The molecule has 1 atom stereocenters. The number of amides is 1. The number of rotatable bonds is 3. The smallest absolute Gasteiger partial charge is 0.232 e. The highest BCUT2D eigenvalue weighted by Crippen LogP contribution is 2.39. The van der Waals surface area contributed by atoms with Crippen LogP contribution in [0.4, 0.5) is 5.69 Å². The quantitative estimate of drug-likeness (QED) is 0.874. The molecule has 5 nitrogen and oxygen atoms in total. The fraction of sp³-hybridized carbons (Fsp3) is 0.400. The van der Waals surface area contributed by atoms with Gasteiger partial charge in [-0.15, -0.1) is 0 Å². The van der Waals surface area contributed by atoms with E-state index in [1.165, 1.54) is 0 Å². The van der Waals surface area contributed by atoms with Crippen molar-refractivity contribution in [1.29, 1.82) is 0 Å². The number of aromatic nitrogens is 2. The molecule has 0 spiro atoms. The zero-order valence-electron chi connectivity index (χ0n) is 11.3. The van der Waals surface area contributed by atoms with E-state index in [-0.39, 0.29) is 11.8 Å². The number of halogens is 1. The summed E-state index contributed by atoms with van der Waals surface area (Å²) in [5, 5.41) is 4.68. The van der Waals surface area contributed by atoms with Crippen molar-refractivity contribution in [1.82, 2.24) is 10.1 Å². The Bertz CT molecular complexity index is 678. The van der Waals surface area contributed by atoms with E-state index in [9.17, 15) is 4.79 Å². The third-order valence-electron chi connectivity index (χ3n) is 4.01. The second-order valence-corrected chi connectivity index (χ2v) is 6.08. The Labute approximate surface area is 126 Å². The highest BCUT2D eigenvalue weighted by atomic mass is 35.5. The fourth-order valence-corrected chi connectivity index (χ4v) is 2.79. The van der Waals surface area contributed by atoms with Crippen LogP contribution >= 0.6 is 11.6 Å². The molecule has 2 aromatic rings. The van der Waals surface area contributed by atoms with Crippen molar-refractivity contribution in [2.75, 3.05) is 11.4 Å². The molecule has 4 rings (SSSR count). The van der Waals surface area contributed by atoms with Gasteiger partial charge < -0.3 is 9.42 Å². The summed E-state index contributed by atoms with van der Waals surface area (Å²) in [6, 6.07) is 7.28. The second kappa shape index (κ2) is 4.84. The summed E-state index contributed by atoms with van der Waals surface area (Å²) in [6.45, 7) is 0.576. The molecule has 1 unspecified atom stereocenters. The van der Waals surface area contributed by atoms with E-state index in [0.717, 1.165) is 24.4 Å². The SMILES string of the molecule is O=C1CC(c2nc(C3CC3)no2)CN1c1ccc(Cl)cc1. The minimum Gasteiger partial charge on any atom is -0.339 e. The first-order chi connectivity index (χ1) is 10.2. The average molecular weight is 304 g/mol. The summed E-state index contributed by atoms with van der Waals surface area (Å²) >= 11 is 5.88. The molecule has 0 bridgehead atoms. The first-order valence-corrected chi connectivity index (χ1v) is 7.48. The van der Waals surface area contributed by atoms with Gasteiger partial charge in [0.05, 0.1) is 5.92 Å². The van der Waals surface area contributed by atoms with Gasteiger partial charge in [0.15, 0.2) is 5.82 Å². The van der Waals surface area contributed by atoms with Crippen molar-refractivity contribution in [3.63, 3.8) is 0 Å². The molecule has 2 aliphatic rings. The lowest BCUT2D eigenvalue weighted by atomic mass is 10.1. The third-order valence-corrected chi connectivity index (χ3v) is 4.26. The van der Waals surface area contributed by atoms with Crippen LogP contribution in [-0.4, -0.2) is 22.6 Å². The van der Waals surface area contributed by atoms with Crippen LogP contribution in [0.1, 0.15) is 42.8 Å². The topological polar surface area (TPSA) is 59.2 Å². The molecular weight excluding hydrogens is 290 g/mol. The van der Waals surface area contributed by atoms with Crippen molar-refractivity contribution in [2.24, 2.45) is 0 Å². The minimum absolute atomic E-state index is 0.0202.